The van der Waals surface area contributed by atoms with E-state index in [1.165, 1.54) is 0 Å². The van der Waals surface area contributed by atoms with Crippen LogP contribution in [0.1, 0.15) is 32.3 Å². The summed E-state index contributed by atoms with van der Waals surface area (Å²) in [6.07, 6.45) is 1.78. The SMILES string of the molecule is CC(C)N(C(=O)OCc1ccccc1)C1CCCN(CCO)C1. The number of carbonyl (C=O) groups excluding carboxylic acids is 1. The minimum absolute atomic E-state index is 0.0948. The second-order valence-corrected chi connectivity index (χ2v) is 6.36. The van der Waals surface area contributed by atoms with Gasteiger partial charge in [0.15, 0.2) is 0 Å². The van der Waals surface area contributed by atoms with E-state index in [1.54, 1.807) is 0 Å². The lowest BCUT2D eigenvalue weighted by atomic mass is 10.0. The van der Waals surface area contributed by atoms with Crippen molar-refractivity contribution in [1.82, 2.24) is 9.80 Å². The molecule has 0 aromatic heterocycles. The smallest absolute Gasteiger partial charge is 0.410 e. The van der Waals surface area contributed by atoms with E-state index in [9.17, 15) is 4.79 Å². The molecule has 1 saturated heterocycles. The van der Waals surface area contributed by atoms with Crippen LogP contribution < -0.4 is 0 Å². The summed E-state index contributed by atoms with van der Waals surface area (Å²) >= 11 is 0. The Balaban J connectivity index is 1.95. The molecule has 0 radical (unpaired) electrons. The number of hydrogen-bond acceptors (Lipinski definition) is 4. The van der Waals surface area contributed by atoms with E-state index in [1.807, 2.05) is 49.1 Å². The molecule has 1 fully saturated rings. The molecule has 128 valence electrons. The fourth-order valence-corrected chi connectivity index (χ4v) is 3.18. The van der Waals surface area contributed by atoms with Gasteiger partial charge >= 0.3 is 6.09 Å². The molecule has 23 heavy (non-hydrogen) atoms. The minimum atomic E-state index is -0.250. The van der Waals surface area contributed by atoms with Crippen LogP contribution in [-0.2, 0) is 11.3 Å². The number of rotatable bonds is 6. The highest BCUT2D eigenvalue weighted by Crippen LogP contribution is 2.19. The molecule has 0 aliphatic carbocycles. The van der Waals surface area contributed by atoms with Crippen LogP contribution in [0.25, 0.3) is 0 Å². The lowest BCUT2D eigenvalue weighted by Crippen LogP contribution is -2.53. The van der Waals surface area contributed by atoms with Crippen molar-refractivity contribution in [3.63, 3.8) is 0 Å². The molecule has 1 aliphatic rings. The zero-order chi connectivity index (χ0) is 16.7. The number of piperidine rings is 1. The summed E-state index contributed by atoms with van der Waals surface area (Å²) < 4.78 is 5.52. The van der Waals surface area contributed by atoms with E-state index in [4.69, 9.17) is 9.84 Å². The van der Waals surface area contributed by atoms with Gasteiger partial charge in [-0.15, -0.1) is 0 Å². The number of benzene rings is 1. The van der Waals surface area contributed by atoms with Gasteiger partial charge in [0.2, 0.25) is 0 Å². The van der Waals surface area contributed by atoms with Crippen LogP contribution in [0.3, 0.4) is 0 Å². The molecule has 1 atom stereocenters. The van der Waals surface area contributed by atoms with Crippen molar-refractivity contribution < 1.29 is 14.6 Å². The molecule has 0 bridgehead atoms. The highest BCUT2D eigenvalue weighted by Gasteiger charge is 2.31. The molecule has 5 heteroatoms. The molecular weight excluding hydrogens is 292 g/mol. The molecule has 0 saturated carbocycles. The normalized spacial score (nSPS) is 18.9. The number of aliphatic hydroxyl groups excluding tert-OH is 1. The first-order valence-electron chi connectivity index (χ1n) is 8.44. The van der Waals surface area contributed by atoms with Gasteiger partial charge in [0.1, 0.15) is 6.61 Å². The molecule has 1 aromatic rings. The van der Waals surface area contributed by atoms with Gasteiger partial charge in [0.25, 0.3) is 0 Å². The molecule has 5 nitrogen and oxygen atoms in total. The number of amides is 1. The fourth-order valence-electron chi connectivity index (χ4n) is 3.18. The zero-order valence-electron chi connectivity index (χ0n) is 14.1. The van der Waals surface area contributed by atoms with Crippen LogP contribution in [-0.4, -0.2) is 59.3 Å². The predicted octanol–water partition coefficient (Wildman–Crippen LogP) is 2.49. The van der Waals surface area contributed by atoms with E-state index in [2.05, 4.69) is 4.90 Å². The van der Waals surface area contributed by atoms with Crippen molar-refractivity contribution in [2.45, 2.75) is 45.4 Å². The quantitative estimate of drug-likeness (QED) is 0.875. The Kier molecular flexibility index (Phi) is 6.86. The Morgan fingerprint density at radius 2 is 2.13 bits per heavy atom. The summed E-state index contributed by atoms with van der Waals surface area (Å²) in [6, 6.07) is 9.99. The van der Waals surface area contributed by atoms with Crippen molar-refractivity contribution in [3.8, 4) is 0 Å². The third-order valence-electron chi connectivity index (χ3n) is 4.26. The summed E-state index contributed by atoms with van der Waals surface area (Å²) in [7, 11) is 0. The molecule has 1 heterocycles. The summed E-state index contributed by atoms with van der Waals surface area (Å²) in [5.74, 6) is 0. The second-order valence-electron chi connectivity index (χ2n) is 6.36. The average Bonchev–Trinajstić information content (AvgIpc) is 2.54. The summed E-state index contributed by atoms with van der Waals surface area (Å²) in [4.78, 5) is 16.6. The van der Waals surface area contributed by atoms with Gasteiger partial charge in [-0.05, 0) is 38.8 Å². The van der Waals surface area contributed by atoms with E-state index >= 15 is 0 Å². The van der Waals surface area contributed by atoms with Crippen LogP contribution >= 0.6 is 0 Å². The van der Waals surface area contributed by atoms with Gasteiger partial charge in [0.05, 0.1) is 6.61 Å². The van der Waals surface area contributed by atoms with Gasteiger partial charge in [-0.1, -0.05) is 30.3 Å². The number of likely N-dealkylation sites (tertiary alicyclic amines) is 1. The average molecular weight is 320 g/mol. The maximum absolute atomic E-state index is 12.6. The summed E-state index contributed by atoms with van der Waals surface area (Å²) in [6.45, 7) is 6.97. The van der Waals surface area contributed by atoms with Gasteiger partial charge < -0.3 is 14.7 Å². The first-order valence-corrected chi connectivity index (χ1v) is 8.44. The van der Waals surface area contributed by atoms with Gasteiger partial charge in [-0.2, -0.15) is 0 Å². The van der Waals surface area contributed by atoms with E-state index in [0.717, 1.165) is 31.5 Å². The lowest BCUT2D eigenvalue weighted by molar-refractivity contribution is 0.0395. The molecule has 1 aliphatic heterocycles. The van der Waals surface area contributed by atoms with Crippen molar-refractivity contribution in [2.75, 3.05) is 26.2 Å². The number of nitrogens with zero attached hydrogens (tertiary/aromatic N) is 2. The molecule has 1 aromatic carbocycles. The van der Waals surface area contributed by atoms with E-state index in [0.29, 0.717) is 13.2 Å². The standard InChI is InChI=1S/C18H28N2O3/c1-15(2)20(17-9-6-10-19(13-17)11-12-21)18(22)23-14-16-7-4-3-5-8-16/h3-5,7-8,15,17,21H,6,9-14H2,1-2H3. The van der Waals surface area contributed by atoms with Crippen LogP contribution in [0.4, 0.5) is 4.79 Å². The first kappa shape index (κ1) is 17.8. The number of aliphatic hydroxyl groups is 1. The van der Waals surface area contributed by atoms with Gasteiger partial charge in [0, 0.05) is 25.2 Å². The van der Waals surface area contributed by atoms with Crippen LogP contribution in [0.15, 0.2) is 30.3 Å². The third kappa shape index (κ3) is 5.22. The van der Waals surface area contributed by atoms with Crippen molar-refractivity contribution in [1.29, 1.82) is 0 Å². The fraction of sp³-hybridized carbons (Fsp3) is 0.611. The maximum Gasteiger partial charge on any atom is 0.410 e. The molecular formula is C18H28N2O3. The Morgan fingerprint density at radius 3 is 2.78 bits per heavy atom. The predicted molar refractivity (Wildman–Crippen MR) is 90.1 cm³/mol. The largest absolute Gasteiger partial charge is 0.445 e. The molecule has 0 spiro atoms. The van der Waals surface area contributed by atoms with Crippen LogP contribution in [0.5, 0.6) is 0 Å². The molecule has 2 rings (SSSR count). The van der Waals surface area contributed by atoms with Gasteiger partial charge in [-0.25, -0.2) is 4.79 Å². The molecule has 1 unspecified atom stereocenters. The first-order chi connectivity index (χ1) is 11.1. The van der Waals surface area contributed by atoms with Crippen molar-refractivity contribution in [2.24, 2.45) is 0 Å². The summed E-state index contributed by atoms with van der Waals surface area (Å²) in [5, 5.41) is 9.13. The number of hydrogen-bond donors (Lipinski definition) is 1. The summed E-state index contributed by atoms with van der Waals surface area (Å²) in [5.41, 5.74) is 0.995. The van der Waals surface area contributed by atoms with Crippen molar-refractivity contribution in [3.05, 3.63) is 35.9 Å². The lowest BCUT2D eigenvalue weighted by Gasteiger charge is -2.40. The monoisotopic (exact) mass is 320 g/mol. The molecule has 1 amide bonds. The van der Waals surface area contributed by atoms with Crippen LogP contribution in [0, 0.1) is 0 Å². The van der Waals surface area contributed by atoms with E-state index in [-0.39, 0.29) is 24.8 Å². The second kappa shape index (κ2) is 8.89. The van der Waals surface area contributed by atoms with E-state index < -0.39 is 0 Å². The molecule has 1 N–H and O–H groups in total. The van der Waals surface area contributed by atoms with Crippen molar-refractivity contribution >= 4 is 6.09 Å². The Labute approximate surface area is 138 Å². The minimum Gasteiger partial charge on any atom is -0.445 e. The van der Waals surface area contributed by atoms with Crippen LogP contribution in [0.2, 0.25) is 0 Å². The Bertz CT molecular complexity index is 476. The van der Waals surface area contributed by atoms with Gasteiger partial charge in [-0.3, -0.25) is 4.90 Å². The maximum atomic E-state index is 12.6. The number of β-amino-alcohol motifs (C(OH)–C–C–N with tert-alkyl or cyclic N) is 1. The third-order valence-corrected chi connectivity index (χ3v) is 4.26. The Hall–Kier alpha value is -1.59. The number of ether oxygens (including phenoxy) is 1. The zero-order valence-corrected chi connectivity index (χ0v) is 14.1. The highest BCUT2D eigenvalue weighted by atomic mass is 16.6. The highest BCUT2D eigenvalue weighted by molar-refractivity contribution is 5.68. The topological polar surface area (TPSA) is 53.0 Å². The number of carbonyl (C=O) groups is 1. The Morgan fingerprint density at radius 1 is 1.39 bits per heavy atom.